The van der Waals surface area contributed by atoms with Gasteiger partial charge in [0.2, 0.25) is 5.88 Å². The fourth-order valence-corrected chi connectivity index (χ4v) is 5.07. The number of halogens is 2. The van der Waals surface area contributed by atoms with Crippen molar-refractivity contribution in [2.24, 2.45) is 0 Å². The standard InChI is InChI=1S/C31H37F2N5O3/c1-4-37-9-11-38(12-10-37)17-24-8-6-22(13-26(24)31(3,32)33)14-27(39)23-7-5-21(2)28(15-23)41-30-16-29(34-20-35-30)36-25-18-40-19-25/h5-8,13,15-16,20,25H,4,9-12,14,17-19H2,1-3H3,(H,34,35,36). The molecule has 0 unspecified atom stereocenters. The monoisotopic (exact) mass is 565 g/mol. The van der Waals surface area contributed by atoms with E-state index in [2.05, 4.69) is 32.0 Å². The second-order valence-electron chi connectivity index (χ2n) is 10.9. The molecule has 41 heavy (non-hydrogen) atoms. The van der Waals surface area contributed by atoms with Gasteiger partial charge >= 0.3 is 0 Å². The number of anilines is 1. The van der Waals surface area contributed by atoms with Crippen LogP contribution in [0.2, 0.25) is 0 Å². The number of carbonyl (C=O) groups is 1. The molecule has 3 aromatic rings. The largest absolute Gasteiger partial charge is 0.439 e. The topological polar surface area (TPSA) is 79.8 Å². The number of hydrogen-bond acceptors (Lipinski definition) is 8. The Kier molecular flexibility index (Phi) is 8.91. The predicted octanol–water partition coefficient (Wildman–Crippen LogP) is 5.06. The van der Waals surface area contributed by atoms with Crippen LogP contribution >= 0.6 is 0 Å². The zero-order chi connectivity index (χ0) is 29.0. The number of carbonyl (C=O) groups excluding carboxylic acids is 1. The van der Waals surface area contributed by atoms with E-state index < -0.39 is 5.92 Å². The van der Waals surface area contributed by atoms with Gasteiger partial charge in [-0.1, -0.05) is 31.2 Å². The van der Waals surface area contributed by atoms with Crippen LogP contribution in [0.3, 0.4) is 0 Å². The molecule has 5 rings (SSSR count). The van der Waals surface area contributed by atoms with Crippen molar-refractivity contribution < 1.29 is 23.0 Å². The number of ketones is 1. The first-order valence-electron chi connectivity index (χ1n) is 14.1. The third-order valence-corrected chi connectivity index (χ3v) is 7.67. The van der Waals surface area contributed by atoms with E-state index in [0.717, 1.165) is 45.2 Å². The molecule has 2 saturated heterocycles. The maximum absolute atomic E-state index is 14.7. The van der Waals surface area contributed by atoms with Crippen LogP contribution in [-0.2, 0) is 23.6 Å². The number of likely N-dealkylation sites (N-methyl/N-ethyl adjacent to an activating group) is 1. The van der Waals surface area contributed by atoms with Crippen molar-refractivity contribution in [3.63, 3.8) is 0 Å². The summed E-state index contributed by atoms with van der Waals surface area (Å²) in [6.07, 6.45) is 1.42. The van der Waals surface area contributed by atoms with E-state index in [9.17, 15) is 13.6 Å². The van der Waals surface area contributed by atoms with Crippen molar-refractivity contribution in [2.75, 3.05) is 51.3 Å². The smallest absolute Gasteiger partial charge is 0.270 e. The molecule has 2 fully saturated rings. The average molecular weight is 566 g/mol. The number of nitrogens with zero attached hydrogens (tertiary/aromatic N) is 4. The molecule has 8 nitrogen and oxygen atoms in total. The molecule has 0 atom stereocenters. The summed E-state index contributed by atoms with van der Waals surface area (Å²) >= 11 is 0. The quantitative estimate of drug-likeness (QED) is 0.323. The minimum atomic E-state index is -3.01. The van der Waals surface area contributed by atoms with Gasteiger partial charge in [-0.15, -0.1) is 0 Å². The highest BCUT2D eigenvalue weighted by molar-refractivity contribution is 5.98. The molecule has 0 saturated carbocycles. The molecular weight excluding hydrogens is 528 g/mol. The van der Waals surface area contributed by atoms with Crippen LogP contribution in [0.5, 0.6) is 11.6 Å². The number of ether oxygens (including phenoxy) is 2. The zero-order valence-corrected chi connectivity index (χ0v) is 23.8. The summed E-state index contributed by atoms with van der Waals surface area (Å²) in [5, 5.41) is 3.25. The van der Waals surface area contributed by atoms with Gasteiger partial charge in [-0.2, -0.15) is 0 Å². The normalized spacial score (nSPS) is 16.8. The first kappa shape index (κ1) is 29.0. The van der Waals surface area contributed by atoms with Gasteiger partial charge in [-0.25, -0.2) is 18.7 Å². The van der Waals surface area contributed by atoms with Gasteiger partial charge in [0.05, 0.1) is 19.3 Å². The number of rotatable bonds is 11. The van der Waals surface area contributed by atoms with Crippen LogP contribution in [0.1, 0.15) is 46.5 Å². The molecule has 2 aliphatic heterocycles. The Hall–Kier alpha value is -3.47. The number of aryl methyl sites for hydroxylation is 1. The number of Topliss-reactive ketones (excluding diaryl/α,β-unsaturated/α-hetero) is 1. The number of hydrogen-bond donors (Lipinski definition) is 1. The van der Waals surface area contributed by atoms with E-state index in [1.165, 1.54) is 12.4 Å². The highest BCUT2D eigenvalue weighted by Crippen LogP contribution is 2.32. The summed E-state index contributed by atoms with van der Waals surface area (Å²) in [5.74, 6) is -1.73. The van der Waals surface area contributed by atoms with Crippen LogP contribution in [0, 0.1) is 6.92 Å². The van der Waals surface area contributed by atoms with Crippen LogP contribution in [0.15, 0.2) is 48.8 Å². The molecule has 0 radical (unpaired) electrons. The SMILES string of the molecule is CCN1CCN(Cc2ccc(CC(=O)c3ccc(C)c(Oc4cc(NC5COC5)ncn4)c3)cc2C(C)(F)F)CC1. The molecule has 218 valence electrons. The van der Waals surface area contributed by atoms with E-state index in [4.69, 9.17) is 9.47 Å². The maximum Gasteiger partial charge on any atom is 0.270 e. The van der Waals surface area contributed by atoms with Gasteiger partial charge in [0.15, 0.2) is 5.78 Å². The first-order valence-corrected chi connectivity index (χ1v) is 14.1. The molecule has 1 N–H and O–H groups in total. The fraction of sp³-hybridized carbons (Fsp3) is 0.452. The molecule has 0 amide bonds. The van der Waals surface area contributed by atoms with E-state index >= 15 is 0 Å². The minimum absolute atomic E-state index is 0.00602. The fourth-order valence-electron chi connectivity index (χ4n) is 5.07. The molecule has 3 heterocycles. The van der Waals surface area contributed by atoms with Gasteiger partial charge in [0.1, 0.15) is 17.9 Å². The third kappa shape index (κ3) is 7.44. The van der Waals surface area contributed by atoms with Gasteiger partial charge < -0.3 is 19.7 Å². The summed E-state index contributed by atoms with van der Waals surface area (Å²) in [6.45, 7) is 11.2. The van der Waals surface area contributed by atoms with Crippen LogP contribution in [-0.4, -0.2) is 77.5 Å². The summed E-state index contributed by atoms with van der Waals surface area (Å²) < 4.78 is 40.6. The number of alkyl halides is 2. The van der Waals surface area contributed by atoms with Crippen molar-refractivity contribution in [3.05, 3.63) is 76.6 Å². The van der Waals surface area contributed by atoms with Crippen molar-refractivity contribution >= 4 is 11.6 Å². The Morgan fingerprint density at radius 1 is 1.07 bits per heavy atom. The molecule has 0 bridgehead atoms. The maximum atomic E-state index is 14.7. The number of piperazine rings is 1. The third-order valence-electron chi connectivity index (χ3n) is 7.67. The Morgan fingerprint density at radius 3 is 2.51 bits per heavy atom. The molecule has 10 heteroatoms. The number of nitrogens with one attached hydrogen (secondary N) is 1. The van der Waals surface area contributed by atoms with E-state index in [1.807, 2.05) is 13.0 Å². The Morgan fingerprint density at radius 2 is 1.83 bits per heavy atom. The summed E-state index contributed by atoms with van der Waals surface area (Å²) in [7, 11) is 0. The molecule has 2 aliphatic rings. The first-order chi connectivity index (χ1) is 19.7. The molecule has 2 aromatic carbocycles. The lowest BCUT2D eigenvalue weighted by molar-refractivity contribution is 0.0153. The Bertz CT molecular complexity index is 1370. The lowest BCUT2D eigenvalue weighted by Gasteiger charge is -2.34. The lowest BCUT2D eigenvalue weighted by Crippen LogP contribution is -2.45. The summed E-state index contributed by atoms with van der Waals surface area (Å²) in [6, 6.07) is 12.1. The Labute approximate surface area is 239 Å². The lowest BCUT2D eigenvalue weighted by atomic mass is 9.95. The van der Waals surface area contributed by atoms with Crippen molar-refractivity contribution in [1.82, 2.24) is 19.8 Å². The highest BCUT2D eigenvalue weighted by atomic mass is 19.3. The molecule has 0 aliphatic carbocycles. The molecule has 1 aromatic heterocycles. The zero-order valence-electron chi connectivity index (χ0n) is 23.8. The number of aromatic nitrogens is 2. The number of benzene rings is 2. The van der Waals surface area contributed by atoms with Gasteiger partial charge in [0.25, 0.3) is 5.92 Å². The van der Waals surface area contributed by atoms with Crippen LogP contribution in [0.25, 0.3) is 0 Å². The van der Waals surface area contributed by atoms with Crippen molar-refractivity contribution in [2.45, 2.75) is 45.7 Å². The van der Waals surface area contributed by atoms with Gasteiger partial charge in [-0.05, 0) is 42.3 Å². The van der Waals surface area contributed by atoms with Crippen LogP contribution in [0.4, 0.5) is 14.6 Å². The average Bonchev–Trinajstić information content (AvgIpc) is 2.93. The second-order valence-corrected chi connectivity index (χ2v) is 10.9. The van der Waals surface area contributed by atoms with E-state index in [0.29, 0.717) is 53.9 Å². The van der Waals surface area contributed by atoms with E-state index in [-0.39, 0.29) is 23.8 Å². The van der Waals surface area contributed by atoms with Crippen molar-refractivity contribution in [1.29, 1.82) is 0 Å². The molecule has 0 spiro atoms. The Balaban J connectivity index is 1.28. The second kappa shape index (κ2) is 12.6. The minimum Gasteiger partial charge on any atom is -0.439 e. The predicted molar refractivity (Wildman–Crippen MR) is 153 cm³/mol. The van der Waals surface area contributed by atoms with Gasteiger partial charge in [-0.3, -0.25) is 9.69 Å². The van der Waals surface area contributed by atoms with Crippen LogP contribution < -0.4 is 10.1 Å². The summed E-state index contributed by atoms with van der Waals surface area (Å²) in [4.78, 5) is 26.2. The molecular formula is C31H37F2N5O3. The highest BCUT2D eigenvalue weighted by Gasteiger charge is 2.29. The van der Waals surface area contributed by atoms with Crippen molar-refractivity contribution in [3.8, 4) is 11.6 Å². The van der Waals surface area contributed by atoms with E-state index in [1.54, 1.807) is 30.3 Å². The van der Waals surface area contributed by atoms with Gasteiger partial charge in [0, 0.05) is 63.3 Å². The summed E-state index contributed by atoms with van der Waals surface area (Å²) in [5.41, 5.74) is 2.41.